The van der Waals surface area contributed by atoms with E-state index in [2.05, 4.69) is 0 Å². The molecule has 13 heavy (non-hydrogen) atoms. The average Bonchev–Trinajstić information content (AvgIpc) is 1.99. The highest BCUT2D eigenvalue weighted by Crippen LogP contribution is 2.30. The van der Waals surface area contributed by atoms with Gasteiger partial charge in [0.15, 0.2) is 0 Å². The number of rotatable bonds is 3. The molecule has 0 fully saturated rings. The van der Waals surface area contributed by atoms with Crippen LogP contribution in [0.4, 0.5) is 4.39 Å². The van der Waals surface area contributed by atoms with Crippen LogP contribution in [0.2, 0.25) is 0 Å². The fourth-order valence-electron chi connectivity index (χ4n) is 1.04. The molecule has 1 aliphatic carbocycles. The number of halogens is 1. The molecule has 72 valence electrons. The zero-order valence-electron chi connectivity index (χ0n) is 7.29. The summed E-state index contributed by atoms with van der Waals surface area (Å²) >= 11 is 1.14. The lowest BCUT2D eigenvalue weighted by atomic mass is 10.0. The predicted octanol–water partition coefficient (Wildman–Crippen LogP) is 2.38. The van der Waals surface area contributed by atoms with E-state index in [1.54, 1.807) is 12.2 Å². The molecule has 0 spiro atoms. The monoisotopic (exact) mass is 202 g/mol. The summed E-state index contributed by atoms with van der Waals surface area (Å²) in [5.74, 6) is -0.905. The Morgan fingerprint density at radius 3 is 3.08 bits per heavy atom. The first-order chi connectivity index (χ1) is 5.99. The van der Waals surface area contributed by atoms with E-state index in [0.29, 0.717) is 11.3 Å². The van der Waals surface area contributed by atoms with E-state index >= 15 is 0 Å². The van der Waals surface area contributed by atoms with E-state index < -0.39 is 11.6 Å². The van der Waals surface area contributed by atoms with Gasteiger partial charge in [0, 0.05) is 11.3 Å². The topological polar surface area (TPSA) is 37.3 Å². The number of thioether (sulfide) groups is 1. The number of carboxylic acid groups (broad SMARTS) is 1. The molecule has 4 heteroatoms. The van der Waals surface area contributed by atoms with Crippen molar-refractivity contribution in [2.24, 2.45) is 0 Å². The molecule has 2 nitrogen and oxygen atoms in total. The summed E-state index contributed by atoms with van der Waals surface area (Å²) in [6.45, 7) is 1.48. The summed E-state index contributed by atoms with van der Waals surface area (Å²) in [6.07, 6.45) is 5.32. The first-order valence-electron chi connectivity index (χ1n) is 3.92. The molecular weight excluding hydrogens is 191 g/mol. The van der Waals surface area contributed by atoms with Gasteiger partial charge in [0.2, 0.25) is 0 Å². The normalized spacial score (nSPS) is 27.1. The molecular formula is C9H11FO2S. The van der Waals surface area contributed by atoms with Crippen LogP contribution in [0.1, 0.15) is 13.3 Å². The van der Waals surface area contributed by atoms with Gasteiger partial charge in [-0.1, -0.05) is 12.2 Å². The molecule has 0 saturated carbocycles. The lowest BCUT2D eigenvalue weighted by molar-refractivity contribution is -0.133. The van der Waals surface area contributed by atoms with Crippen LogP contribution < -0.4 is 0 Å². The summed E-state index contributed by atoms with van der Waals surface area (Å²) in [6, 6.07) is 0. The van der Waals surface area contributed by atoms with E-state index in [9.17, 15) is 9.18 Å². The number of hydrogen-bond acceptors (Lipinski definition) is 2. The highest BCUT2D eigenvalue weighted by Gasteiger charge is 2.21. The largest absolute Gasteiger partial charge is 0.481 e. The van der Waals surface area contributed by atoms with Crippen molar-refractivity contribution in [2.75, 3.05) is 5.75 Å². The maximum absolute atomic E-state index is 13.4. The minimum Gasteiger partial charge on any atom is -0.481 e. The van der Waals surface area contributed by atoms with Gasteiger partial charge in [0.25, 0.3) is 0 Å². The van der Waals surface area contributed by atoms with Crippen molar-refractivity contribution in [3.05, 3.63) is 23.1 Å². The number of allylic oxidation sites excluding steroid dienone is 3. The van der Waals surface area contributed by atoms with Gasteiger partial charge >= 0.3 is 5.97 Å². The Morgan fingerprint density at radius 2 is 2.54 bits per heavy atom. The van der Waals surface area contributed by atoms with E-state index in [4.69, 9.17) is 5.11 Å². The Kier molecular flexibility index (Phi) is 3.14. The van der Waals surface area contributed by atoms with Crippen LogP contribution in [-0.2, 0) is 4.79 Å². The smallest absolute Gasteiger partial charge is 0.313 e. The maximum atomic E-state index is 13.4. The second-order valence-electron chi connectivity index (χ2n) is 3.11. The average molecular weight is 202 g/mol. The number of hydrogen-bond donors (Lipinski definition) is 1. The van der Waals surface area contributed by atoms with Gasteiger partial charge in [-0.25, -0.2) is 4.39 Å². The molecule has 0 radical (unpaired) electrons. The Balaban J connectivity index is 2.55. The third-order valence-electron chi connectivity index (χ3n) is 1.60. The summed E-state index contributed by atoms with van der Waals surface area (Å²) in [5, 5.41) is 8.41. The zero-order valence-corrected chi connectivity index (χ0v) is 8.10. The Labute approximate surface area is 80.5 Å². The zero-order chi connectivity index (χ0) is 9.90. The van der Waals surface area contributed by atoms with E-state index in [1.165, 1.54) is 13.0 Å². The second kappa shape index (κ2) is 3.96. The van der Waals surface area contributed by atoms with Gasteiger partial charge in [0.05, 0.1) is 5.75 Å². The molecule has 1 unspecified atom stereocenters. The van der Waals surface area contributed by atoms with Crippen LogP contribution in [-0.4, -0.2) is 22.5 Å². The molecule has 0 aromatic rings. The van der Waals surface area contributed by atoms with Gasteiger partial charge in [-0.15, -0.1) is 11.8 Å². The predicted molar refractivity (Wildman–Crippen MR) is 51.4 cm³/mol. The number of aliphatic carboxylic acids is 1. The highest BCUT2D eigenvalue weighted by molar-refractivity contribution is 8.03. The third-order valence-corrected chi connectivity index (χ3v) is 2.58. The van der Waals surface area contributed by atoms with Crippen molar-refractivity contribution in [1.82, 2.24) is 0 Å². The lowest BCUT2D eigenvalue weighted by Gasteiger charge is -2.18. The Hall–Kier alpha value is -0.770. The van der Waals surface area contributed by atoms with Crippen LogP contribution in [0.15, 0.2) is 23.1 Å². The molecule has 0 saturated heterocycles. The van der Waals surface area contributed by atoms with Crippen LogP contribution >= 0.6 is 11.8 Å². The molecule has 0 bridgehead atoms. The fourth-order valence-corrected chi connectivity index (χ4v) is 1.86. The van der Waals surface area contributed by atoms with Crippen molar-refractivity contribution >= 4 is 17.7 Å². The van der Waals surface area contributed by atoms with Gasteiger partial charge in [-0.2, -0.15) is 0 Å². The number of alkyl halides is 1. The summed E-state index contributed by atoms with van der Waals surface area (Å²) < 4.78 is 13.4. The molecule has 1 atom stereocenters. The molecule has 0 aromatic heterocycles. The van der Waals surface area contributed by atoms with E-state index in [-0.39, 0.29) is 5.75 Å². The summed E-state index contributed by atoms with van der Waals surface area (Å²) in [5.41, 5.74) is -1.32. The van der Waals surface area contributed by atoms with Gasteiger partial charge in [0.1, 0.15) is 5.67 Å². The van der Waals surface area contributed by atoms with Crippen molar-refractivity contribution in [3.8, 4) is 0 Å². The standard InChI is InChI=1S/C9H11FO2S/c1-9(10)4-2-3-7(5-9)13-6-8(11)12/h2-3,5H,4,6H2,1H3,(H,11,12). The van der Waals surface area contributed by atoms with E-state index in [0.717, 1.165) is 11.8 Å². The minimum atomic E-state index is -1.32. The first kappa shape index (κ1) is 10.3. The van der Waals surface area contributed by atoms with Crippen LogP contribution in [0.25, 0.3) is 0 Å². The van der Waals surface area contributed by atoms with E-state index in [1.807, 2.05) is 0 Å². The Bertz CT molecular complexity index is 269. The van der Waals surface area contributed by atoms with Crippen LogP contribution in [0.5, 0.6) is 0 Å². The summed E-state index contributed by atoms with van der Waals surface area (Å²) in [4.78, 5) is 10.9. The molecule has 0 aliphatic heterocycles. The first-order valence-corrected chi connectivity index (χ1v) is 4.91. The fraction of sp³-hybridized carbons (Fsp3) is 0.444. The summed E-state index contributed by atoms with van der Waals surface area (Å²) in [7, 11) is 0. The number of carboxylic acids is 1. The molecule has 0 amide bonds. The van der Waals surface area contributed by atoms with Crippen molar-refractivity contribution in [2.45, 2.75) is 19.0 Å². The maximum Gasteiger partial charge on any atom is 0.313 e. The third kappa shape index (κ3) is 3.63. The quantitative estimate of drug-likeness (QED) is 0.763. The van der Waals surface area contributed by atoms with Gasteiger partial charge in [-0.05, 0) is 13.0 Å². The SMILES string of the molecule is CC1(F)C=C(SCC(=O)O)C=CC1. The van der Waals surface area contributed by atoms with Crippen LogP contribution in [0, 0.1) is 0 Å². The van der Waals surface area contributed by atoms with Crippen molar-refractivity contribution in [3.63, 3.8) is 0 Å². The number of carbonyl (C=O) groups is 1. The Morgan fingerprint density at radius 1 is 1.85 bits per heavy atom. The van der Waals surface area contributed by atoms with Gasteiger partial charge < -0.3 is 5.11 Å². The van der Waals surface area contributed by atoms with Gasteiger partial charge in [-0.3, -0.25) is 4.79 Å². The van der Waals surface area contributed by atoms with Crippen molar-refractivity contribution < 1.29 is 14.3 Å². The second-order valence-corrected chi connectivity index (χ2v) is 4.16. The van der Waals surface area contributed by atoms with Crippen LogP contribution in [0.3, 0.4) is 0 Å². The highest BCUT2D eigenvalue weighted by atomic mass is 32.2. The molecule has 1 aliphatic rings. The molecule has 1 rings (SSSR count). The lowest BCUT2D eigenvalue weighted by Crippen LogP contribution is -2.15. The molecule has 1 N–H and O–H groups in total. The molecule has 0 aromatic carbocycles. The minimum absolute atomic E-state index is 0.0216. The van der Waals surface area contributed by atoms with Crippen molar-refractivity contribution in [1.29, 1.82) is 0 Å². The molecule has 0 heterocycles.